The van der Waals surface area contributed by atoms with Gasteiger partial charge in [-0.1, -0.05) is 45.0 Å². The van der Waals surface area contributed by atoms with Crippen molar-refractivity contribution in [3.63, 3.8) is 0 Å². The third kappa shape index (κ3) is 3.87. The first-order valence-corrected chi connectivity index (χ1v) is 5.99. The molecule has 1 rings (SSSR count). The highest BCUT2D eigenvalue weighted by atomic mass is 15.1. The van der Waals surface area contributed by atoms with Crippen LogP contribution >= 0.6 is 0 Å². The average Bonchev–Trinajstić information content (AvgIpc) is 2.24. The minimum atomic E-state index is -0.0426. The molecular formula is C15H22N2. The predicted molar refractivity (Wildman–Crippen MR) is 72.1 cm³/mol. The van der Waals surface area contributed by atoms with Crippen molar-refractivity contribution in [1.82, 2.24) is 4.90 Å². The van der Waals surface area contributed by atoms with E-state index in [1.165, 1.54) is 5.56 Å². The monoisotopic (exact) mass is 230 g/mol. The summed E-state index contributed by atoms with van der Waals surface area (Å²) in [6, 6.07) is 10.8. The highest BCUT2D eigenvalue weighted by Crippen LogP contribution is 2.24. The molecule has 17 heavy (non-hydrogen) atoms. The van der Waals surface area contributed by atoms with Gasteiger partial charge in [-0.2, -0.15) is 5.26 Å². The lowest BCUT2D eigenvalue weighted by Gasteiger charge is -2.20. The van der Waals surface area contributed by atoms with Crippen LogP contribution in [0.15, 0.2) is 24.3 Å². The van der Waals surface area contributed by atoms with Gasteiger partial charge in [-0.25, -0.2) is 0 Å². The number of rotatable bonds is 3. The first-order valence-electron chi connectivity index (χ1n) is 5.99. The van der Waals surface area contributed by atoms with Gasteiger partial charge in [0.25, 0.3) is 0 Å². The van der Waals surface area contributed by atoms with E-state index in [0.29, 0.717) is 0 Å². The molecule has 0 fully saturated rings. The molecule has 2 heteroatoms. The molecule has 1 unspecified atom stereocenters. The van der Waals surface area contributed by atoms with Crippen molar-refractivity contribution in [2.45, 2.75) is 32.1 Å². The number of nitrogens with zero attached hydrogens (tertiary/aromatic N) is 2. The Kier molecular flexibility index (Phi) is 4.31. The van der Waals surface area contributed by atoms with E-state index >= 15 is 0 Å². The Morgan fingerprint density at radius 3 is 2.06 bits per heavy atom. The van der Waals surface area contributed by atoms with Crippen LogP contribution in [0, 0.1) is 11.3 Å². The largest absolute Gasteiger partial charge is 0.308 e. The van der Waals surface area contributed by atoms with Gasteiger partial charge in [0.05, 0.1) is 12.0 Å². The Bertz CT molecular complexity index is 390. The molecule has 1 aromatic carbocycles. The van der Waals surface area contributed by atoms with E-state index in [1.54, 1.807) is 0 Å². The van der Waals surface area contributed by atoms with Gasteiger partial charge in [-0.3, -0.25) is 0 Å². The highest BCUT2D eigenvalue weighted by Gasteiger charge is 2.15. The van der Waals surface area contributed by atoms with Gasteiger partial charge in [0, 0.05) is 6.54 Å². The molecule has 0 aromatic heterocycles. The van der Waals surface area contributed by atoms with Crippen LogP contribution in [-0.4, -0.2) is 25.5 Å². The zero-order valence-corrected chi connectivity index (χ0v) is 11.5. The molecule has 0 saturated heterocycles. The zero-order chi connectivity index (χ0) is 13.1. The molecule has 1 atom stereocenters. The standard InChI is InChI=1S/C15H22N2/c1-15(2,3)14-8-6-12(7-9-14)13(10-16)11-17(4)5/h6-9,13H,11H2,1-5H3. The van der Waals surface area contributed by atoms with Crippen LogP contribution < -0.4 is 0 Å². The van der Waals surface area contributed by atoms with Crippen LogP contribution in [0.3, 0.4) is 0 Å². The van der Waals surface area contributed by atoms with Crippen molar-refractivity contribution in [2.75, 3.05) is 20.6 Å². The van der Waals surface area contributed by atoms with E-state index in [1.807, 2.05) is 19.0 Å². The van der Waals surface area contributed by atoms with E-state index in [-0.39, 0.29) is 11.3 Å². The Hall–Kier alpha value is -1.33. The molecule has 0 heterocycles. The summed E-state index contributed by atoms with van der Waals surface area (Å²) < 4.78 is 0. The normalized spacial score (nSPS) is 13.5. The number of benzene rings is 1. The molecule has 0 saturated carbocycles. The van der Waals surface area contributed by atoms with E-state index in [9.17, 15) is 5.26 Å². The van der Waals surface area contributed by atoms with Crippen molar-refractivity contribution >= 4 is 0 Å². The van der Waals surface area contributed by atoms with Gasteiger partial charge in [0.2, 0.25) is 0 Å². The van der Waals surface area contributed by atoms with Gasteiger partial charge in [-0.05, 0) is 30.6 Å². The fourth-order valence-electron chi connectivity index (χ4n) is 1.80. The first kappa shape index (κ1) is 13.7. The minimum absolute atomic E-state index is 0.0426. The van der Waals surface area contributed by atoms with E-state index < -0.39 is 0 Å². The van der Waals surface area contributed by atoms with E-state index in [0.717, 1.165) is 12.1 Å². The molecule has 2 nitrogen and oxygen atoms in total. The second kappa shape index (κ2) is 5.33. The molecule has 0 amide bonds. The minimum Gasteiger partial charge on any atom is -0.308 e. The maximum absolute atomic E-state index is 9.18. The molecule has 0 aliphatic carbocycles. The Labute approximate surface area is 105 Å². The quantitative estimate of drug-likeness (QED) is 0.797. The molecule has 0 N–H and O–H groups in total. The van der Waals surface area contributed by atoms with E-state index in [2.05, 4.69) is 51.1 Å². The molecule has 0 radical (unpaired) electrons. The van der Waals surface area contributed by atoms with Crippen LogP contribution in [0.1, 0.15) is 37.8 Å². The zero-order valence-electron chi connectivity index (χ0n) is 11.5. The van der Waals surface area contributed by atoms with Crippen molar-refractivity contribution in [3.05, 3.63) is 35.4 Å². The number of likely N-dealkylation sites (N-methyl/N-ethyl adjacent to an activating group) is 1. The van der Waals surface area contributed by atoms with Gasteiger partial charge in [0.15, 0.2) is 0 Å². The Morgan fingerprint density at radius 1 is 1.18 bits per heavy atom. The molecule has 0 aliphatic rings. The number of hydrogen-bond donors (Lipinski definition) is 0. The van der Waals surface area contributed by atoms with E-state index in [4.69, 9.17) is 0 Å². The lowest BCUT2D eigenvalue weighted by atomic mass is 9.85. The summed E-state index contributed by atoms with van der Waals surface area (Å²) in [7, 11) is 3.99. The maximum atomic E-state index is 9.18. The van der Waals surface area contributed by atoms with Crippen molar-refractivity contribution in [2.24, 2.45) is 0 Å². The van der Waals surface area contributed by atoms with Gasteiger partial charge in [0.1, 0.15) is 0 Å². The molecule has 0 spiro atoms. The second-order valence-electron chi connectivity index (χ2n) is 5.82. The highest BCUT2D eigenvalue weighted by molar-refractivity contribution is 5.32. The van der Waals surface area contributed by atoms with Crippen molar-refractivity contribution in [3.8, 4) is 6.07 Å². The third-order valence-electron chi connectivity index (χ3n) is 2.88. The summed E-state index contributed by atoms with van der Waals surface area (Å²) in [5, 5.41) is 9.18. The van der Waals surface area contributed by atoms with Crippen LogP contribution in [0.5, 0.6) is 0 Å². The molecule has 1 aromatic rings. The molecule has 0 aliphatic heterocycles. The fourth-order valence-corrected chi connectivity index (χ4v) is 1.80. The van der Waals surface area contributed by atoms with Gasteiger partial charge >= 0.3 is 0 Å². The van der Waals surface area contributed by atoms with Crippen LogP contribution in [0.2, 0.25) is 0 Å². The predicted octanol–water partition coefficient (Wildman–Crippen LogP) is 3.15. The summed E-state index contributed by atoms with van der Waals surface area (Å²) in [6.07, 6.45) is 0. The van der Waals surface area contributed by atoms with Crippen LogP contribution in [0.25, 0.3) is 0 Å². The summed E-state index contributed by atoms with van der Waals surface area (Å²) in [4.78, 5) is 2.05. The molecule has 0 bridgehead atoms. The van der Waals surface area contributed by atoms with Crippen molar-refractivity contribution < 1.29 is 0 Å². The topological polar surface area (TPSA) is 27.0 Å². The third-order valence-corrected chi connectivity index (χ3v) is 2.88. The summed E-state index contributed by atoms with van der Waals surface area (Å²) >= 11 is 0. The number of nitriles is 1. The SMILES string of the molecule is CN(C)CC(C#N)c1ccc(C(C)(C)C)cc1. The van der Waals surface area contributed by atoms with Gasteiger partial charge in [-0.15, -0.1) is 0 Å². The first-order chi connectivity index (χ1) is 7.84. The smallest absolute Gasteiger partial charge is 0.0839 e. The summed E-state index contributed by atoms with van der Waals surface area (Å²) in [6.45, 7) is 7.36. The molecular weight excluding hydrogens is 208 g/mol. The summed E-state index contributed by atoms with van der Waals surface area (Å²) in [5.41, 5.74) is 2.58. The maximum Gasteiger partial charge on any atom is 0.0839 e. The van der Waals surface area contributed by atoms with Crippen LogP contribution in [0.4, 0.5) is 0 Å². The lowest BCUT2D eigenvalue weighted by Crippen LogP contribution is -2.19. The Morgan fingerprint density at radius 2 is 1.71 bits per heavy atom. The number of hydrogen-bond acceptors (Lipinski definition) is 2. The average molecular weight is 230 g/mol. The fraction of sp³-hybridized carbons (Fsp3) is 0.533. The second-order valence-corrected chi connectivity index (χ2v) is 5.82. The summed E-state index contributed by atoms with van der Waals surface area (Å²) in [5.74, 6) is -0.0426. The van der Waals surface area contributed by atoms with Gasteiger partial charge < -0.3 is 4.90 Å². The molecule has 92 valence electrons. The Balaban J connectivity index is 2.90. The lowest BCUT2D eigenvalue weighted by molar-refractivity contribution is 0.398. The van der Waals surface area contributed by atoms with Crippen LogP contribution in [-0.2, 0) is 5.41 Å². The van der Waals surface area contributed by atoms with Crippen molar-refractivity contribution in [1.29, 1.82) is 5.26 Å².